The molecule has 2 N–H and O–H groups in total. The molecule has 0 saturated heterocycles. The Morgan fingerprint density at radius 1 is 1.35 bits per heavy atom. The zero-order chi connectivity index (χ0) is 12.3. The summed E-state index contributed by atoms with van der Waals surface area (Å²) in [7, 11) is 0. The zero-order valence-corrected chi connectivity index (χ0v) is 11.9. The molecule has 90 valence electrons. The molecule has 0 radical (unpaired) electrons. The standard InChI is InChI=1S/C13H14BrNOS/c1-9(15)10-4-2-3-5-12(10)16-8-13-11(14)6-7-17-13/h2-7,9H,8,15H2,1H3/t9-/m0/s1. The first-order valence-electron chi connectivity index (χ1n) is 5.37. The van der Waals surface area contributed by atoms with Crippen molar-refractivity contribution in [2.24, 2.45) is 5.73 Å². The minimum absolute atomic E-state index is 0.0158. The molecular formula is C13H14BrNOS. The fraction of sp³-hybridized carbons (Fsp3) is 0.231. The second-order valence-electron chi connectivity index (χ2n) is 3.81. The number of thiophene rings is 1. The Hall–Kier alpha value is -0.840. The number of nitrogens with two attached hydrogens (primary N) is 1. The second-order valence-corrected chi connectivity index (χ2v) is 5.66. The van der Waals surface area contributed by atoms with E-state index in [1.807, 2.05) is 42.6 Å². The van der Waals surface area contributed by atoms with Gasteiger partial charge in [-0.2, -0.15) is 0 Å². The van der Waals surface area contributed by atoms with Gasteiger partial charge >= 0.3 is 0 Å². The van der Waals surface area contributed by atoms with Crippen molar-refractivity contribution in [3.63, 3.8) is 0 Å². The monoisotopic (exact) mass is 311 g/mol. The Morgan fingerprint density at radius 3 is 2.76 bits per heavy atom. The molecular weight excluding hydrogens is 298 g/mol. The first kappa shape index (κ1) is 12.6. The summed E-state index contributed by atoms with van der Waals surface area (Å²) in [6.45, 7) is 2.53. The van der Waals surface area contributed by atoms with Gasteiger partial charge < -0.3 is 10.5 Å². The first-order chi connectivity index (χ1) is 8.18. The number of halogens is 1. The highest BCUT2D eigenvalue weighted by Crippen LogP contribution is 2.27. The lowest BCUT2D eigenvalue weighted by Gasteiger charge is -2.13. The molecule has 0 amide bonds. The number of hydrogen-bond acceptors (Lipinski definition) is 3. The Labute approximate surface area is 114 Å². The van der Waals surface area contributed by atoms with Crippen LogP contribution in [0.2, 0.25) is 0 Å². The molecule has 0 bridgehead atoms. The van der Waals surface area contributed by atoms with E-state index in [2.05, 4.69) is 15.9 Å². The molecule has 0 aliphatic rings. The Morgan fingerprint density at radius 2 is 2.12 bits per heavy atom. The summed E-state index contributed by atoms with van der Waals surface area (Å²) in [6.07, 6.45) is 0. The summed E-state index contributed by atoms with van der Waals surface area (Å²) < 4.78 is 6.92. The first-order valence-corrected chi connectivity index (χ1v) is 7.05. The van der Waals surface area contributed by atoms with Crippen LogP contribution >= 0.6 is 27.3 Å². The zero-order valence-electron chi connectivity index (χ0n) is 9.52. The highest BCUT2D eigenvalue weighted by atomic mass is 79.9. The molecule has 1 aromatic heterocycles. The maximum absolute atomic E-state index is 5.91. The van der Waals surface area contributed by atoms with Crippen molar-refractivity contribution in [2.45, 2.75) is 19.6 Å². The minimum atomic E-state index is -0.0158. The van der Waals surface area contributed by atoms with E-state index in [1.54, 1.807) is 11.3 Å². The lowest BCUT2D eigenvalue weighted by molar-refractivity contribution is 0.304. The van der Waals surface area contributed by atoms with Crippen molar-refractivity contribution in [3.8, 4) is 5.75 Å². The van der Waals surface area contributed by atoms with E-state index in [0.29, 0.717) is 6.61 Å². The average molecular weight is 312 g/mol. The van der Waals surface area contributed by atoms with Gasteiger partial charge in [0.05, 0.1) is 4.88 Å². The van der Waals surface area contributed by atoms with Gasteiger partial charge in [0.25, 0.3) is 0 Å². The largest absolute Gasteiger partial charge is 0.488 e. The molecule has 0 aliphatic carbocycles. The van der Waals surface area contributed by atoms with E-state index >= 15 is 0 Å². The van der Waals surface area contributed by atoms with Crippen LogP contribution in [0.1, 0.15) is 23.4 Å². The topological polar surface area (TPSA) is 35.2 Å². The van der Waals surface area contributed by atoms with Crippen molar-refractivity contribution < 1.29 is 4.74 Å². The molecule has 0 spiro atoms. The summed E-state index contributed by atoms with van der Waals surface area (Å²) in [5, 5.41) is 2.04. The Balaban J connectivity index is 2.11. The molecule has 2 aromatic rings. The molecule has 1 aromatic carbocycles. The SMILES string of the molecule is C[C@H](N)c1ccccc1OCc1sccc1Br. The molecule has 0 fully saturated rings. The third-order valence-electron chi connectivity index (χ3n) is 2.46. The van der Waals surface area contributed by atoms with Crippen LogP contribution in [0.4, 0.5) is 0 Å². The molecule has 1 atom stereocenters. The highest BCUT2D eigenvalue weighted by molar-refractivity contribution is 9.10. The van der Waals surface area contributed by atoms with E-state index in [4.69, 9.17) is 10.5 Å². The quantitative estimate of drug-likeness (QED) is 0.922. The van der Waals surface area contributed by atoms with Crippen LogP contribution in [0.3, 0.4) is 0 Å². The third kappa shape index (κ3) is 3.09. The van der Waals surface area contributed by atoms with Gasteiger partial charge in [-0.05, 0) is 40.4 Å². The number of benzene rings is 1. The van der Waals surface area contributed by atoms with Crippen molar-refractivity contribution in [1.29, 1.82) is 0 Å². The van der Waals surface area contributed by atoms with Crippen molar-refractivity contribution in [1.82, 2.24) is 0 Å². The van der Waals surface area contributed by atoms with E-state index in [9.17, 15) is 0 Å². The van der Waals surface area contributed by atoms with Gasteiger partial charge in [-0.3, -0.25) is 0 Å². The van der Waals surface area contributed by atoms with E-state index in [1.165, 1.54) is 4.88 Å². The maximum atomic E-state index is 5.91. The van der Waals surface area contributed by atoms with Gasteiger partial charge in [0.1, 0.15) is 12.4 Å². The summed E-state index contributed by atoms with van der Waals surface area (Å²) in [5.74, 6) is 0.864. The van der Waals surface area contributed by atoms with Gasteiger partial charge in [-0.25, -0.2) is 0 Å². The lowest BCUT2D eigenvalue weighted by atomic mass is 10.1. The second kappa shape index (κ2) is 5.67. The van der Waals surface area contributed by atoms with Crippen LogP contribution in [0.15, 0.2) is 40.2 Å². The van der Waals surface area contributed by atoms with Crippen LogP contribution in [0, 0.1) is 0 Å². The molecule has 1 heterocycles. The third-order valence-corrected chi connectivity index (χ3v) is 4.36. The lowest BCUT2D eigenvalue weighted by Crippen LogP contribution is -2.07. The summed E-state index contributed by atoms with van der Waals surface area (Å²) >= 11 is 5.17. The molecule has 0 saturated carbocycles. The molecule has 17 heavy (non-hydrogen) atoms. The van der Waals surface area contributed by atoms with Crippen LogP contribution in [-0.4, -0.2) is 0 Å². The van der Waals surface area contributed by atoms with Crippen LogP contribution in [0.5, 0.6) is 5.75 Å². The fourth-order valence-electron chi connectivity index (χ4n) is 1.56. The summed E-state index contributed by atoms with van der Waals surface area (Å²) in [4.78, 5) is 1.18. The Kier molecular flexibility index (Phi) is 4.20. The predicted octanol–water partition coefficient (Wildman–Crippen LogP) is 4.11. The van der Waals surface area contributed by atoms with Crippen molar-refractivity contribution in [3.05, 3.63) is 50.6 Å². The van der Waals surface area contributed by atoms with Crippen LogP contribution in [0.25, 0.3) is 0 Å². The number of rotatable bonds is 4. The Bertz CT molecular complexity index is 496. The molecule has 0 unspecified atom stereocenters. The molecule has 0 aliphatic heterocycles. The van der Waals surface area contributed by atoms with Crippen molar-refractivity contribution >= 4 is 27.3 Å². The molecule has 2 rings (SSSR count). The normalized spacial score (nSPS) is 12.4. The highest BCUT2D eigenvalue weighted by Gasteiger charge is 2.08. The fourth-order valence-corrected chi connectivity index (χ4v) is 2.94. The molecule has 2 nitrogen and oxygen atoms in total. The number of hydrogen-bond donors (Lipinski definition) is 1. The minimum Gasteiger partial charge on any atom is -0.488 e. The number of ether oxygens (including phenoxy) is 1. The summed E-state index contributed by atoms with van der Waals surface area (Å²) in [6, 6.07) is 9.92. The number of para-hydroxylation sites is 1. The van der Waals surface area contributed by atoms with E-state index < -0.39 is 0 Å². The van der Waals surface area contributed by atoms with Gasteiger partial charge in [0, 0.05) is 16.1 Å². The van der Waals surface area contributed by atoms with Gasteiger partial charge in [-0.15, -0.1) is 11.3 Å². The van der Waals surface area contributed by atoms with Crippen LogP contribution in [-0.2, 0) is 6.61 Å². The van der Waals surface area contributed by atoms with Crippen LogP contribution < -0.4 is 10.5 Å². The average Bonchev–Trinajstić information content (AvgIpc) is 2.72. The smallest absolute Gasteiger partial charge is 0.124 e. The van der Waals surface area contributed by atoms with Gasteiger partial charge in [0.2, 0.25) is 0 Å². The summed E-state index contributed by atoms with van der Waals surface area (Å²) in [5.41, 5.74) is 6.95. The van der Waals surface area contributed by atoms with Crippen molar-refractivity contribution in [2.75, 3.05) is 0 Å². The predicted molar refractivity (Wildman–Crippen MR) is 75.4 cm³/mol. The van der Waals surface area contributed by atoms with E-state index in [0.717, 1.165) is 15.8 Å². The molecule has 4 heteroatoms. The maximum Gasteiger partial charge on any atom is 0.124 e. The van der Waals surface area contributed by atoms with Gasteiger partial charge in [0.15, 0.2) is 0 Å². The van der Waals surface area contributed by atoms with Gasteiger partial charge in [-0.1, -0.05) is 18.2 Å². The van der Waals surface area contributed by atoms with E-state index in [-0.39, 0.29) is 6.04 Å².